The second kappa shape index (κ2) is 10.0. The van der Waals surface area contributed by atoms with Crippen molar-refractivity contribution >= 4 is 23.6 Å². The number of ketones is 1. The van der Waals surface area contributed by atoms with E-state index in [1.807, 2.05) is 13.0 Å². The van der Waals surface area contributed by atoms with E-state index in [2.05, 4.69) is 5.32 Å². The van der Waals surface area contributed by atoms with E-state index >= 15 is 0 Å². The molecule has 1 aliphatic heterocycles. The second-order valence-corrected chi connectivity index (χ2v) is 7.06. The second-order valence-electron chi connectivity index (χ2n) is 7.06. The molecule has 0 bridgehead atoms. The van der Waals surface area contributed by atoms with Gasteiger partial charge in [-0.2, -0.15) is 0 Å². The molecular weight excluding hydrogens is 360 g/mol. The number of ether oxygens (including phenoxy) is 1. The number of hydrogen-bond acceptors (Lipinski definition) is 5. The van der Waals surface area contributed by atoms with Gasteiger partial charge in [0.1, 0.15) is 12.1 Å². The lowest BCUT2D eigenvalue weighted by Crippen LogP contribution is -2.48. The molecule has 0 saturated carbocycles. The molecule has 0 aromatic heterocycles. The zero-order valence-corrected chi connectivity index (χ0v) is 16.6. The maximum atomic E-state index is 13.2. The third kappa shape index (κ3) is 5.41. The fourth-order valence-corrected chi connectivity index (χ4v) is 3.40. The highest BCUT2D eigenvalue weighted by atomic mass is 16.5. The predicted octanol–water partition coefficient (Wildman–Crippen LogP) is 2.16. The van der Waals surface area contributed by atoms with Crippen LogP contribution in [0.4, 0.5) is 0 Å². The molecule has 1 fully saturated rings. The van der Waals surface area contributed by atoms with Crippen LogP contribution in [0.5, 0.6) is 0 Å². The van der Waals surface area contributed by atoms with Gasteiger partial charge in [-0.3, -0.25) is 14.4 Å². The average molecular weight is 388 g/mol. The van der Waals surface area contributed by atoms with Crippen LogP contribution in [0.1, 0.15) is 58.1 Å². The lowest BCUT2D eigenvalue weighted by atomic mass is 10.0. The number of Topliss-reactive ketones (excluding diaryl/α,β-unsaturated/α-hetero) is 1. The van der Waals surface area contributed by atoms with Crippen LogP contribution in [-0.4, -0.2) is 47.2 Å². The van der Waals surface area contributed by atoms with Gasteiger partial charge in [-0.15, -0.1) is 0 Å². The van der Waals surface area contributed by atoms with E-state index in [4.69, 9.17) is 4.74 Å². The lowest BCUT2D eigenvalue weighted by Gasteiger charge is -2.29. The molecule has 1 saturated heterocycles. The summed E-state index contributed by atoms with van der Waals surface area (Å²) in [7, 11) is 0. The summed E-state index contributed by atoms with van der Waals surface area (Å²) in [5, 5.41) is 2.68. The first-order valence-electron chi connectivity index (χ1n) is 9.68. The summed E-state index contributed by atoms with van der Waals surface area (Å²) in [6.45, 7) is 5.06. The molecule has 1 N–H and O–H groups in total. The van der Waals surface area contributed by atoms with Gasteiger partial charge in [-0.05, 0) is 31.7 Å². The van der Waals surface area contributed by atoms with Crippen molar-refractivity contribution in [2.24, 2.45) is 0 Å². The summed E-state index contributed by atoms with van der Waals surface area (Å²) < 4.78 is 5.41. The Morgan fingerprint density at radius 2 is 1.86 bits per heavy atom. The van der Waals surface area contributed by atoms with Gasteiger partial charge in [-0.1, -0.05) is 43.7 Å². The molecule has 1 aliphatic rings. The molecule has 0 radical (unpaired) electrons. The molecule has 0 aliphatic carbocycles. The van der Waals surface area contributed by atoms with Crippen molar-refractivity contribution in [1.29, 1.82) is 0 Å². The van der Waals surface area contributed by atoms with Gasteiger partial charge >= 0.3 is 5.97 Å². The molecule has 2 rings (SSSR count). The van der Waals surface area contributed by atoms with Gasteiger partial charge in [0.2, 0.25) is 5.91 Å². The van der Waals surface area contributed by atoms with Crippen molar-refractivity contribution in [3.63, 3.8) is 0 Å². The first kappa shape index (κ1) is 21.6. The highest BCUT2D eigenvalue weighted by Crippen LogP contribution is 2.25. The van der Waals surface area contributed by atoms with Crippen LogP contribution < -0.4 is 5.32 Å². The van der Waals surface area contributed by atoms with Crippen molar-refractivity contribution in [3.8, 4) is 0 Å². The maximum Gasteiger partial charge on any atom is 0.329 e. The van der Waals surface area contributed by atoms with Crippen molar-refractivity contribution in [3.05, 3.63) is 35.9 Å². The number of carbonyl (C=O) groups excluding carboxylic acids is 4. The number of amides is 2. The summed E-state index contributed by atoms with van der Waals surface area (Å²) in [6, 6.07) is 7.30. The molecule has 1 aromatic rings. The molecule has 0 spiro atoms. The lowest BCUT2D eigenvalue weighted by molar-refractivity contribution is -0.162. The summed E-state index contributed by atoms with van der Waals surface area (Å²) in [6.07, 6.45) is 1.52. The molecular formula is C21H28N2O5. The molecule has 1 aromatic carbocycles. The van der Waals surface area contributed by atoms with Gasteiger partial charge in [-0.25, -0.2) is 4.79 Å². The highest BCUT2D eigenvalue weighted by molar-refractivity contribution is 5.92. The van der Waals surface area contributed by atoms with Crippen molar-refractivity contribution in [1.82, 2.24) is 10.2 Å². The van der Waals surface area contributed by atoms with E-state index in [-0.39, 0.29) is 17.6 Å². The number of nitrogens with one attached hydrogen (secondary N) is 1. The number of nitrogens with zero attached hydrogens (tertiary/aromatic N) is 1. The fourth-order valence-electron chi connectivity index (χ4n) is 3.40. The third-order valence-corrected chi connectivity index (χ3v) is 4.80. The van der Waals surface area contributed by atoms with Crippen LogP contribution in [0.25, 0.3) is 0 Å². The van der Waals surface area contributed by atoms with Gasteiger partial charge in [0.15, 0.2) is 11.9 Å². The van der Waals surface area contributed by atoms with Crippen LogP contribution in [-0.2, 0) is 23.9 Å². The Morgan fingerprint density at radius 1 is 1.18 bits per heavy atom. The molecule has 2 amide bonds. The Bertz CT molecular complexity index is 719. The van der Waals surface area contributed by atoms with Crippen LogP contribution in [0.2, 0.25) is 0 Å². The van der Waals surface area contributed by atoms with Crippen molar-refractivity contribution < 1.29 is 23.9 Å². The van der Waals surface area contributed by atoms with E-state index in [9.17, 15) is 19.2 Å². The van der Waals surface area contributed by atoms with Gasteiger partial charge in [0.25, 0.3) is 5.91 Å². The van der Waals surface area contributed by atoms with E-state index in [1.54, 1.807) is 24.3 Å². The van der Waals surface area contributed by atoms with Crippen LogP contribution in [0, 0.1) is 0 Å². The van der Waals surface area contributed by atoms with Crippen LogP contribution in [0.15, 0.2) is 30.3 Å². The number of esters is 1. The zero-order valence-electron chi connectivity index (χ0n) is 16.6. The van der Waals surface area contributed by atoms with Crippen molar-refractivity contribution in [2.45, 2.75) is 64.6 Å². The normalized spacial score (nSPS) is 18.2. The molecule has 152 valence electrons. The summed E-state index contributed by atoms with van der Waals surface area (Å²) in [4.78, 5) is 50.7. The Balaban J connectivity index is 2.18. The predicted molar refractivity (Wildman–Crippen MR) is 103 cm³/mol. The third-order valence-electron chi connectivity index (χ3n) is 4.80. The first-order chi connectivity index (χ1) is 13.3. The SMILES string of the molecule is CCCC(OC(=O)C1CCCN1C(=O)C(NC(C)=O)c1ccccc1)C(C)=O. The minimum Gasteiger partial charge on any atom is -0.453 e. The molecule has 28 heavy (non-hydrogen) atoms. The largest absolute Gasteiger partial charge is 0.453 e. The molecule has 3 atom stereocenters. The number of likely N-dealkylation sites (tertiary alicyclic amines) is 1. The number of rotatable bonds is 8. The molecule has 7 nitrogen and oxygen atoms in total. The topological polar surface area (TPSA) is 92.8 Å². The van der Waals surface area contributed by atoms with Crippen LogP contribution >= 0.6 is 0 Å². The number of carbonyl (C=O) groups is 4. The standard InChI is InChI=1S/C21H28N2O5/c1-4-9-18(14(2)24)28-21(27)17-12-8-13-23(17)20(26)19(22-15(3)25)16-10-6-5-7-11-16/h5-7,10-11,17-19H,4,8-9,12-13H2,1-3H3,(H,22,25). The Hall–Kier alpha value is -2.70. The highest BCUT2D eigenvalue weighted by Gasteiger charge is 2.39. The maximum absolute atomic E-state index is 13.2. The smallest absolute Gasteiger partial charge is 0.329 e. The first-order valence-corrected chi connectivity index (χ1v) is 9.68. The summed E-state index contributed by atoms with van der Waals surface area (Å²) in [5.74, 6) is -1.45. The quantitative estimate of drug-likeness (QED) is 0.689. The zero-order chi connectivity index (χ0) is 20.7. The van der Waals surface area contributed by atoms with E-state index in [0.29, 0.717) is 37.8 Å². The molecule has 1 heterocycles. The number of hydrogen-bond donors (Lipinski definition) is 1. The van der Waals surface area contributed by atoms with Gasteiger partial charge in [0, 0.05) is 13.5 Å². The summed E-state index contributed by atoms with van der Waals surface area (Å²) in [5.41, 5.74) is 0.648. The van der Waals surface area contributed by atoms with E-state index in [1.165, 1.54) is 18.7 Å². The minimum atomic E-state index is -0.869. The van der Waals surface area contributed by atoms with E-state index in [0.717, 1.165) is 0 Å². The van der Waals surface area contributed by atoms with Crippen molar-refractivity contribution in [2.75, 3.05) is 6.54 Å². The monoisotopic (exact) mass is 388 g/mol. The Kier molecular flexibility index (Phi) is 7.72. The Morgan fingerprint density at radius 3 is 2.43 bits per heavy atom. The van der Waals surface area contributed by atoms with Gasteiger partial charge < -0.3 is 15.0 Å². The fraction of sp³-hybridized carbons (Fsp3) is 0.524. The molecule has 3 unspecified atom stereocenters. The average Bonchev–Trinajstić information content (AvgIpc) is 3.15. The van der Waals surface area contributed by atoms with Gasteiger partial charge in [0.05, 0.1) is 0 Å². The minimum absolute atomic E-state index is 0.202. The summed E-state index contributed by atoms with van der Waals surface area (Å²) >= 11 is 0. The van der Waals surface area contributed by atoms with E-state index < -0.39 is 24.2 Å². The Labute approximate surface area is 165 Å². The molecule has 7 heteroatoms. The number of benzene rings is 1. The van der Waals surface area contributed by atoms with Crippen LogP contribution in [0.3, 0.4) is 0 Å².